The quantitative estimate of drug-likeness (QED) is 0.151. The van der Waals surface area contributed by atoms with Crippen LogP contribution in [0.2, 0.25) is 5.02 Å². The summed E-state index contributed by atoms with van der Waals surface area (Å²) in [5.41, 5.74) is 1.54. The minimum absolute atomic E-state index is 0.153. The van der Waals surface area contributed by atoms with E-state index in [1.165, 1.54) is 24.0 Å². The van der Waals surface area contributed by atoms with Crippen LogP contribution in [0.5, 0.6) is 17.2 Å². The van der Waals surface area contributed by atoms with Gasteiger partial charge in [-0.05, 0) is 84.5 Å². The average molecular weight is 794 g/mol. The number of carbonyl (C=O) groups is 4. The molecule has 8 rings (SSSR count). The van der Waals surface area contributed by atoms with Crippen molar-refractivity contribution in [3.63, 3.8) is 0 Å². The number of ether oxygens (including phenoxy) is 2. The van der Waals surface area contributed by atoms with Crippen molar-refractivity contribution in [2.45, 2.75) is 18.3 Å². The molecule has 9 nitrogen and oxygen atoms in total. The molecule has 0 radical (unpaired) electrons. The summed E-state index contributed by atoms with van der Waals surface area (Å²) in [6.45, 7) is 0. The number of imide groups is 2. The number of phenolic OH excluding ortho intramolecular Hbond substituents is 1. The summed E-state index contributed by atoms with van der Waals surface area (Å²) in [6.07, 6.45) is 6.22. The molecule has 0 spiro atoms. The third-order valence-corrected chi connectivity index (χ3v) is 12.1. The first-order valence-electron chi connectivity index (χ1n) is 17.3. The lowest BCUT2D eigenvalue weighted by Crippen LogP contribution is -2.54. The van der Waals surface area contributed by atoms with Gasteiger partial charge in [0.1, 0.15) is 0 Å². The Labute approximate surface area is 319 Å². The lowest BCUT2D eigenvalue weighted by atomic mass is 9.50. The summed E-state index contributed by atoms with van der Waals surface area (Å²) in [7, 11) is 2.88. The molecule has 268 valence electrons. The van der Waals surface area contributed by atoms with Crippen molar-refractivity contribution in [2.75, 3.05) is 24.0 Å². The van der Waals surface area contributed by atoms with Gasteiger partial charge >= 0.3 is 0 Å². The minimum atomic E-state index is -1.41. The van der Waals surface area contributed by atoms with Crippen molar-refractivity contribution in [3.8, 4) is 17.2 Å². The maximum absolute atomic E-state index is 15.3. The summed E-state index contributed by atoms with van der Waals surface area (Å²) >= 11 is 9.84. The molecule has 4 aliphatic rings. The molecule has 4 amide bonds. The second-order valence-corrected chi connectivity index (χ2v) is 15.1. The number of fused-ring (bicyclic) bond motifs is 4. The third kappa shape index (κ3) is 5.33. The fourth-order valence-corrected chi connectivity index (χ4v) is 9.50. The second kappa shape index (κ2) is 13.3. The molecule has 2 aliphatic carbocycles. The van der Waals surface area contributed by atoms with Crippen LogP contribution >= 0.6 is 27.5 Å². The zero-order valence-corrected chi connectivity index (χ0v) is 31.1. The van der Waals surface area contributed by atoms with Gasteiger partial charge in [0, 0.05) is 15.4 Å². The molecular formula is C42H34BrClN2O7. The molecule has 6 atom stereocenters. The van der Waals surface area contributed by atoms with E-state index in [0.29, 0.717) is 33.9 Å². The molecule has 0 bridgehead atoms. The summed E-state index contributed by atoms with van der Waals surface area (Å²) < 4.78 is 11.7. The number of hydrogen-bond donors (Lipinski definition) is 1. The van der Waals surface area contributed by atoms with Gasteiger partial charge in [-0.3, -0.25) is 24.1 Å². The van der Waals surface area contributed by atoms with Crippen molar-refractivity contribution >= 4 is 68.6 Å². The second-order valence-electron chi connectivity index (χ2n) is 13.8. The highest BCUT2D eigenvalue weighted by Crippen LogP contribution is 2.62. The van der Waals surface area contributed by atoms with Crippen LogP contribution in [0.3, 0.4) is 0 Å². The van der Waals surface area contributed by atoms with Gasteiger partial charge in [0.2, 0.25) is 29.4 Å². The Morgan fingerprint density at radius 1 is 0.811 bits per heavy atom. The first-order valence-corrected chi connectivity index (χ1v) is 18.4. The molecule has 53 heavy (non-hydrogen) atoms. The average Bonchev–Trinajstić information content (AvgIpc) is 3.56. The predicted molar refractivity (Wildman–Crippen MR) is 204 cm³/mol. The number of allylic oxidation sites excluding steroid dienone is 3. The normalized spacial score (nSPS) is 26.4. The molecule has 3 fully saturated rings. The van der Waals surface area contributed by atoms with Gasteiger partial charge in [0.05, 0.1) is 48.8 Å². The number of hydrogen-bond acceptors (Lipinski definition) is 7. The van der Waals surface area contributed by atoms with Gasteiger partial charge in [-0.2, -0.15) is 0 Å². The fraction of sp³-hybridized carbons (Fsp3) is 0.238. The van der Waals surface area contributed by atoms with Crippen LogP contribution in [0.25, 0.3) is 6.08 Å². The predicted octanol–water partition coefficient (Wildman–Crippen LogP) is 7.74. The van der Waals surface area contributed by atoms with E-state index in [0.717, 1.165) is 10.0 Å². The standard InChI is InChI=1S/C42H34BrClN2O7/c1-52-34-19-23(20-35(53-2)37(34)47)11-18-32-29-16-17-30-36(40(50)45(38(30)48)27-14-12-25(43)13-15-27)31(29)22-33-39(49)46(28-10-6-9-26(44)21-28)41(51)42(32,33)24-7-4-3-5-8-24/h3-16,18-21,30-33,36,47H,17,22H2,1-2H3. The molecule has 6 unspecified atom stereocenters. The Morgan fingerprint density at radius 2 is 1.51 bits per heavy atom. The Kier molecular flexibility index (Phi) is 8.78. The van der Waals surface area contributed by atoms with Crippen LogP contribution in [-0.4, -0.2) is 43.0 Å². The smallest absolute Gasteiger partial charge is 0.246 e. The van der Waals surface area contributed by atoms with E-state index in [1.807, 2.05) is 48.6 Å². The molecule has 11 heteroatoms. The van der Waals surface area contributed by atoms with Crippen LogP contribution < -0.4 is 19.3 Å². The van der Waals surface area contributed by atoms with Gasteiger partial charge in [-0.1, -0.05) is 87.7 Å². The van der Waals surface area contributed by atoms with E-state index < -0.39 is 46.8 Å². The lowest BCUT2D eigenvalue weighted by Gasteiger charge is -2.49. The molecular weight excluding hydrogens is 760 g/mol. The monoisotopic (exact) mass is 792 g/mol. The van der Waals surface area contributed by atoms with Crippen molar-refractivity contribution in [3.05, 3.63) is 129 Å². The number of halogens is 2. The maximum Gasteiger partial charge on any atom is 0.246 e. The largest absolute Gasteiger partial charge is 0.502 e. The molecule has 2 saturated heterocycles. The van der Waals surface area contributed by atoms with Crippen molar-refractivity contribution < 1.29 is 33.8 Å². The minimum Gasteiger partial charge on any atom is -0.502 e. The van der Waals surface area contributed by atoms with Crippen LogP contribution in [0.1, 0.15) is 24.0 Å². The van der Waals surface area contributed by atoms with Crippen LogP contribution in [0.15, 0.2) is 113 Å². The van der Waals surface area contributed by atoms with E-state index in [1.54, 1.807) is 60.7 Å². The van der Waals surface area contributed by atoms with Crippen LogP contribution in [0, 0.1) is 29.6 Å². The van der Waals surface area contributed by atoms with Crippen molar-refractivity contribution in [1.82, 2.24) is 0 Å². The maximum atomic E-state index is 15.3. The number of rotatable bonds is 7. The van der Waals surface area contributed by atoms with Crippen LogP contribution in [0.4, 0.5) is 11.4 Å². The summed E-state index contributed by atoms with van der Waals surface area (Å²) in [5.74, 6) is -4.60. The van der Waals surface area contributed by atoms with Gasteiger partial charge in [0.15, 0.2) is 11.5 Å². The number of phenols is 1. The fourth-order valence-electron chi connectivity index (χ4n) is 9.05. The summed E-state index contributed by atoms with van der Waals surface area (Å²) in [6, 6.07) is 26.3. The third-order valence-electron chi connectivity index (χ3n) is 11.3. The number of aromatic hydroxyl groups is 1. The Morgan fingerprint density at radius 3 is 2.17 bits per heavy atom. The van der Waals surface area contributed by atoms with Crippen molar-refractivity contribution in [1.29, 1.82) is 0 Å². The highest BCUT2D eigenvalue weighted by molar-refractivity contribution is 9.10. The van der Waals surface area contributed by atoms with Gasteiger partial charge in [-0.25, -0.2) is 4.90 Å². The first kappa shape index (κ1) is 34.9. The number of methoxy groups -OCH3 is 2. The lowest BCUT2D eigenvalue weighted by molar-refractivity contribution is -0.128. The zero-order valence-electron chi connectivity index (χ0n) is 28.7. The first-order chi connectivity index (χ1) is 25.6. The Bertz CT molecular complexity index is 2210. The van der Waals surface area contributed by atoms with E-state index in [-0.39, 0.29) is 35.5 Å². The van der Waals surface area contributed by atoms with E-state index in [2.05, 4.69) is 15.9 Å². The molecule has 0 aromatic heterocycles. The number of benzene rings is 4. The molecule has 2 heterocycles. The van der Waals surface area contributed by atoms with Crippen molar-refractivity contribution in [2.24, 2.45) is 29.6 Å². The number of nitrogens with zero attached hydrogens (tertiary/aromatic N) is 2. The molecule has 4 aromatic carbocycles. The van der Waals surface area contributed by atoms with Gasteiger partial charge in [0.25, 0.3) is 0 Å². The molecule has 4 aromatic rings. The van der Waals surface area contributed by atoms with E-state index in [4.69, 9.17) is 21.1 Å². The highest BCUT2D eigenvalue weighted by Gasteiger charge is 2.69. The Hall–Kier alpha value is -5.19. The number of amides is 4. The molecule has 1 saturated carbocycles. The Balaban J connectivity index is 1.33. The molecule has 1 N–H and O–H groups in total. The van der Waals surface area contributed by atoms with E-state index >= 15 is 4.79 Å². The molecule has 2 aliphatic heterocycles. The topological polar surface area (TPSA) is 113 Å². The number of carbonyl (C=O) groups excluding carboxylic acids is 4. The van der Waals surface area contributed by atoms with Crippen LogP contribution in [-0.2, 0) is 24.6 Å². The zero-order chi connectivity index (χ0) is 37.2. The summed E-state index contributed by atoms with van der Waals surface area (Å²) in [4.78, 5) is 61.2. The van der Waals surface area contributed by atoms with E-state index in [9.17, 15) is 19.5 Å². The van der Waals surface area contributed by atoms with Gasteiger partial charge < -0.3 is 14.6 Å². The highest BCUT2D eigenvalue weighted by atomic mass is 79.9. The SMILES string of the molecule is COc1cc(C=CC2C3=CCC4C(=O)N(c5ccc(Br)cc5)C(=O)C4C3CC3C(=O)N(c4cccc(Cl)c4)C(=O)C23c2ccccc2)cc(OC)c1O. The number of anilines is 2. The summed E-state index contributed by atoms with van der Waals surface area (Å²) in [5, 5.41) is 11.0. The van der Waals surface area contributed by atoms with Gasteiger partial charge in [-0.15, -0.1) is 0 Å².